The lowest BCUT2D eigenvalue weighted by Crippen LogP contribution is -2.14. The highest BCUT2D eigenvalue weighted by molar-refractivity contribution is 5.38. The van der Waals surface area contributed by atoms with Crippen LogP contribution in [0.1, 0.15) is 24.6 Å². The van der Waals surface area contributed by atoms with Gasteiger partial charge in [-0.2, -0.15) is 15.0 Å². The summed E-state index contributed by atoms with van der Waals surface area (Å²) >= 11 is 0. The third kappa shape index (κ3) is 2.92. The molecule has 0 saturated heterocycles. The third-order valence-electron chi connectivity index (χ3n) is 2.65. The topological polar surface area (TPSA) is 42.7 Å². The summed E-state index contributed by atoms with van der Waals surface area (Å²) in [5.41, 5.74) is 2.50. The number of hydrogen-bond donors (Lipinski definition) is 1. The van der Waals surface area contributed by atoms with E-state index < -0.39 is 0 Å². The van der Waals surface area contributed by atoms with Crippen LogP contribution in [-0.4, -0.2) is 21.5 Å². The van der Waals surface area contributed by atoms with Crippen LogP contribution < -0.4 is 5.32 Å². The zero-order valence-corrected chi connectivity index (χ0v) is 10.7. The number of nitrogens with zero attached hydrogens (tertiary/aromatic N) is 3. The van der Waals surface area contributed by atoms with E-state index in [1.807, 2.05) is 6.92 Å². The highest BCUT2D eigenvalue weighted by Crippen LogP contribution is 2.13. The molecule has 0 bridgehead atoms. The van der Waals surface area contributed by atoms with Crippen LogP contribution in [0, 0.1) is 12.7 Å². The van der Waals surface area contributed by atoms with Gasteiger partial charge in [-0.1, -0.05) is 6.92 Å². The largest absolute Gasteiger partial charge is 0.311 e. The molecular formula is C13H17FN4. The predicted molar refractivity (Wildman–Crippen MR) is 68.1 cm³/mol. The maximum absolute atomic E-state index is 13.0. The van der Waals surface area contributed by atoms with Gasteiger partial charge in [0, 0.05) is 6.54 Å². The van der Waals surface area contributed by atoms with E-state index in [1.54, 1.807) is 12.3 Å². The first-order chi connectivity index (χ1) is 8.70. The van der Waals surface area contributed by atoms with E-state index >= 15 is 0 Å². The van der Waals surface area contributed by atoms with Gasteiger partial charge in [0.2, 0.25) is 0 Å². The Bertz CT molecular complexity index is 521. The van der Waals surface area contributed by atoms with Crippen molar-refractivity contribution in [2.75, 3.05) is 6.54 Å². The molecule has 0 amide bonds. The summed E-state index contributed by atoms with van der Waals surface area (Å²) in [5, 5.41) is 11.8. The predicted octanol–water partition coefficient (Wildman–Crippen LogP) is 2.21. The van der Waals surface area contributed by atoms with E-state index in [4.69, 9.17) is 0 Å². The summed E-state index contributed by atoms with van der Waals surface area (Å²) in [4.78, 5) is 1.54. The minimum Gasteiger partial charge on any atom is -0.311 e. The molecule has 0 saturated carbocycles. The van der Waals surface area contributed by atoms with Gasteiger partial charge in [-0.25, -0.2) is 4.39 Å². The molecule has 0 fully saturated rings. The van der Waals surface area contributed by atoms with E-state index in [-0.39, 0.29) is 5.82 Å². The van der Waals surface area contributed by atoms with Crippen LogP contribution in [0.4, 0.5) is 4.39 Å². The van der Waals surface area contributed by atoms with Gasteiger partial charge in [0.15, 0.2) is 0 Å². The van der Waals surface area contributed by atoms with Gasteiger partial charge >= 0.3 is 0 Å². The molecule has 96 valence electrons. The van der Waals surface area contributed by atoms with Crippen molar-refractivity contribution in [2.24, 2.45) is 0 Å². The molecule has 1 aromatic heterocycles. The fourth-order valence-corrected chi connectivity index (χ4v) is 1.73. The van der Waals surface area contributed by atoms with E-state index in [9.17, 15) is 4.39 Å². The van der Waals surface area contributed by atoms with Crippen molar-refractivity contribution < 1.29 is 4.39 Å². The molecule has 1 heterocycles. The minimum absolute atomic E-state index is 0.242. The molecule has 18 heavy (non-hydrogen) atoms. The van der Waals surface area contributed by atoms with Crippen LogP contribution in [0.15, 0.2) is 24.4 Å². The number of halogens is 1. The first-order valence-corrected chi connectivity index (χ1v) is 6.09. The van der Waals surface area contributed by atoms with Crippen molar-refractivity contribution in [3.05, 3.63) is 41.5 Å². The number of benzene rings is 1. The molecule has 0 atom stereocenters. The van der Waals surface area contributed by atoms with Gasteiger partial charge in [-0.05, 0) is 43.7 Å². The molecule has 5 heteroatoms. The first-order valence-electron chi connectivity index (χ1n) is 6.09. The van der Waals surface area contributed by atoms with Crippen LogP contribution >= 0.6 is 0 Å². The van der Waals surface area contributed by atoms with Crippen molar-refractivity contribution in [3.8, 4) is 5.69 Å². The van der Waals surface area contributed by atoms with Crippen molar-refractivity contribution in [2.45, 2.75) is 26.8 Å². The smallest absolute Gasteiger partial charge is 0.123 e. The van der Waals surface area contributed by atoms with Gasteiger partial charge in [0.1, 0.15) is 5.82 Å². The molecular weight excluding hydrogens is 231 g/mol. The Morgan fingerprint density at radius 2 is 2.22 bits per heavy atom. The summed E-state index contributed by atoms with van der Waals surface area (Å²) in [7, 11) is 0. The molecule has 0 aliphatic carbocycles. The van der Waals surface area contributed by atoms with Crippen LogP contribution in [-0.2, 0) is 6.54 Å². The number of aromatic nitrogens is 3. The average molecular weight is 248 g/mol. The second-order valence-electron chi connectivity index (χ2n) is 4.23. The fraction of sp³-hybridized carbons (Fsp3) is 0.385. The highest BCUT2D eigenvalue weighted by Gasteiger charge is 2.06. The lowest BCUT2D eigenvalue weighted by molar-refractivity contribution is 0.623. The van der Waals surface area contributed by atoms with Crippen molar-refractivity contribution >= 4 is 0 Å². The maximum Gasteiger partial charge on any atom is 0.123 e. The Morgan fingerprint density at radius 3 is 2.94 bits per heavy atom. The minimum atomic E-state index is -0.242. The maximum atomic E-state index is 13.0. The number of aryl methyl sites for hydroxylation is 1. The molecule has 0 aliphatic heterocycles. The summed E-state index contributed by atoms with van der Waals surface area (Å²) < 4.78 is 13.0. The van der Waals surface area contributed by atoms with Crippen LogP contribution in [0.2, 0.25) is 0 Å². The summed E-state index contributed by atoms with van der Waals surface area (Å²) in [6, 6.07) is 4.59. The van der Waals surface area contributed by atoms with Gasteiger partial charge in [0.25, 0.3) is 0 Å². The summed E-state index contributed by atoms with van der Waals surface area (Å²) in [6.45, 7) is 5.62. The van der Waals surface area contributed by atoms with Gasteiger partial charge in [0.05, 0.1) is 17.6 Å². The quantitative estimate of drug-likeness (QED) is 0.825. The van der Waals surface area contributed by atoms with Crippen LogP contribution in [0.5, 0.6) is 0 Å². The lowest BCUT2D eigenvalue weighted by Gasteiger charge is -2.04. The van der Waals surface area contributed by atoms with Gasteiger partial charge in [-0.15, -0.1) is 0 Å². The Kier molecular flexibility index (Phi) is 4.04. The van der Waals surface area contributed by atoms with Crippen molar-refractivity contribution in [1.29, 1.82) is 0 Å². The van der Waals surface area contributed by atoms with E-state index in [0.717, 1.165) is 29.9 Å². The van der Waals surface area contributed by atoms with Crippen molar-refractivity contribution in [1.82, 2.24) is 20.3 Å². The number of nitrogens with one attached hydrogen (secondary N) is 1. The van der Waals surface area contributed by atoms with Gasteiger partial charge in [-0.3, -0.25) is 0 Å². The first kappa shape index (κ1) is 12.7. The van der Waals surface area contributed by atoms with E-state index in [0.29, 0.717) is 6.54 Å². The third-order valence-corrected chi connectivity index (χ3v) is 2.65. The zero-order valence-electron chi connectivity index (χ0n) is 10.7. The lowest BCUT2D eigenvalue weighted by atomic mass is 10.2. The standard InChI is InChI=1S/C13H17FN4/c1-3-6-15-8-12-9-16-18(17-12)13-5-4-11(14)7-10(13)2/h4-5,7,9,15H,3,6,8H2,1-2H3. The number of hydrogen-bond acceptors (Lipinski definition) is 3. The molecule has 0 radical (unpaired) electrons. The Balaban J connectivity index is 2.13. The SMILES string of the molecule is CCCNCc1cnn(-c2ccc(F)cc2C)n1. The molecule has 1 aromatic carbocycles. The Morgan fingerprint density at radius 1 is 1.39 bits per heavy atom. The van der Waals surface area contributed by atoms with Gasteiger partial charge < -0.3 is 5.32 Å². The second kappa shape index (κ2) is 5.73. The average Bonchev–Trinajstić information content (AvgIpc) is 2.78. The second-order valence-corrected chi connectivity index (χ2v) is 4.23. The Hall–Kier alpha value is -1.75. The molecule has 0 aliphatic rings. The van der Waals surface area contributed by atoms with E-state index in [1.165, 1.54) is 16.9 Å². The van der Waals surface area contributed by atoms with E-state index in [2.05, 4.69) is 22.4 Å². The monoisotopic (exact) mass is 248 g/mol. The summed E-state index contributed by atoms with van der Waals surface area (Å²) in [5.74, 6) is -0.242. The van der Waals surface area contributed by atoms with Crippen LogP contribution in [0.3, 0.4) is 0 Å². The molecule has 2 rings (SSSR count). The Labute approximate surface area is 106 Å². The summed E-state index contributed by atoms with van der Waals surface area (Å²) in [6.07, 6.45) is 2.82. The molecule has 0 spiro atoms. The molecule has 2 aromatic rings. The molecule has 1 N–H and O–H groups in total. The molecule has 0 unspecified atom stereocenters. The van der Waals surface area contributed by atoms with Crippen molar-refractivity contribution in [3.63, 3.8) is 0 Å². The fourth-order valence-electron chi connectivity index (χ4n) is 1.73. The highest BCUT2D eigenvalue weighted by atomic mass is 19.1. The number of rotatable bonds is 5. The normalized spacial score (nSPS) is 10.8. The zero-order chi connectivity index (χ0) is 13.0. The molecule has 4 nitrogen and oxygen atoms in total. The van der Waals surface area contributed by atoms with Crippen LogP contribution in [0.25, 0.3) is 5.69 Å².